The molecule has 1 aliphatic heterocycles. The molecule has 1 fully saturated rings. The van der Waals surface area contributed by atoms with Crippen molar-refractivity contribution in [2.75, 3.05) is 0 Å². The van der Waals surface area contributed by atoms with Gasteiger partial charge < -0.3 is 10.2 Å². The second-order valence-electron chi connectivity index (χ2n) is 5.28. The van der Waals surface area contributed by atoms with Gasteiger partial charge in [-0.2, -0.15) is 0 Å². The minimum atomic E-state index is -1.01. The monoisotopic (exact) mass is 281 g/mol. The molecule has 2 rings (SSSR count). The highest BCUT2D eigenvalue weighted by Crippen LogP contribution is 2.35. The van der Waals surface area contributed by atoms with E-state index >= 15 is 0 Å². The Hall–Kier alpha value is -1.62. The van der Waals surface area contributed by atoms with E-state index in [0.29, 0.717) is 12.0 Å². The Balaban J connectivity index is 2.20. The number of hydrogen-bond acceptors (Lipinski definition) is 2. The zero-order valence-electron chi connectivity index (χ0n) is 11.5. The summed E-state index contributed by atoms with van der Waals surface area (Å²) in [6, 6.07) is 5.17. The molecule has 2 N–H and O–H groups in total. The molecule has 0 spiro atoms. The first-order valence-electron chi connectivity index (χ1n) is 6.99. The number of halogens is 1. The van der Waals surface area contributed by atoms with Crippen molar-refractivity contribution in [2.24, 2.45) is 0 Å². The summed E-state index contributed by atoms with van der Waals surface area (Å²) >= 11 is 0. The number of hydrogen-bond donors (Lipinski definition) is 2. The lowest BCUT2D eigenvalue weighted by atomic mass is 10.0. The topological polar surface area (TPSA) is 60.8 Å². The van der Waals surface area contributed by atoms with Gasteiger partial charge in [-0.15, -0.1) is 0 Å². The maximum Gasteiger partial charge on any atom is 0.407 e. The molecule has 1 amide bonds. The Morgan fingerprint density at radius 2 is 2.25 bits per heavy atom. The highest BCUT2D eigenvalue weighted by atomic mass is 19.1. The van der Waals surface area contributed by atoms with Gasteiger partial charge >= 0.3 is 6.09 Å². The van der Waals surface area contributed by atoms with Crippen molar-refractivity contribution in [1.29, 1.82) is 0 Å². The maximum atomic E-state index is 13.2. The normalized spacial score (nSPS) is 23.9. The number of aliphatic hydroxyl groups is 1. The molecule has 0 unspecified atom stereocenters. The van der Waals surface area contributed by atoms with E-state index in [1.54, 1.807) is 6.07 Å². The molecule has 0 aromatic heterocycles. The van der Waals surface area contributed by atoms with Crippen LogP contribution in [0, 0.1) is 5.82 Å². The van der Waals surface area contributed by atoms with Crippen molar-refractivity contribution < 1.29 is 19.4 Å². The predicted octanol–water partition coefficient (Wildman–Crippen LogP) is 3.17. The summed E-state index contributed by atoms with van der Waals surface area (Å²) in [4.78, 5) is 12.8. The van der Waals surface area contributed by atoms with E-state index in [2.05, 4.69) is 0 Å². The second-order valence-corrected chi connectivity index (χ2v) is 5.28. The molecule has 0 bridgehead atoms. The molecule has 0 saturated carbocycles. The Labute approximate surface area is 117 Å². The largest absolute Gasteiger partial charge is 0.465 e. The number of benzene rings is 1. The summed E-state index contributed by atoms with van der Waals surface area (Å²) in [5.74, 6) is -0.425. The Morgan fingerprint density at radius 3 is 2.85 bits per heavy atom. The van der Waals surface area contributed by atoms with Gasteiger partial charge in [0, 0.05) is 6.04 Å². The zero-order valence-corrected chi connectivity index (χ0v) is 11.5. The van der Waals surface area contributed by atoms with E-state index in [4.69, 9.17) is 0 Å². The number of likely N-dealkylation sites (tertiary alicyclic amines) is 1. The van der Waals surface area contributed by atoms with Gasteiger partial charge in [0.2, 0.25) is 0 Å². The van der Waals surface area contributed by atoms with Gasteiger partial charge in [-0.3, -0.25) is 4.90 Å². The fraction of sp³-hybridized carbons (Fsp3) is 0.533. The van der Waals surface area contributed by atoms with E-state index < -0.39 is 24.1 Å². The lowest BCUT2D eigenvalue weighted by molar-refractivity contribution is 0.0525. The van der Waals surface area contributed by atoms with Gasteiger partial charge in [-0.05, 0) is 37.0 Å². The molecule has 1 aromatic rings. The summed E-state index contributed by atoms with van der Waals surface area (Å²) in [7, 11) is 0. The van der Waals surface area contributed by atoms with Gasteiger partial charge in [0.05, 0.1) is 12.1 Å². The van der Waals surface area contributed by atoms with Crippen molar-refractivity contribution in [3.63, 3.8) is 0 Å². The standard InChI is InChI=1S/C15H20FNO3/c1-2-4-12-7-8-13(17(12)15(19)20)14(18)10-5-3-6-11(16)9-10/h3,5-6,9,12-14,18H,2,4,7-8H2,1H3,(H,19,20)/t12-,13+,14-/m1/s1. The molecule has 110 valence electrons. The summed E-state index contributed by atoms with van der Waals surface area (Å²) in [5, 5.41) is 19.8. The average Bonchev–Trinajstić information content (AvgIpc) is 2.82. The van der Waals surface area contributed by atoms with Crippen LogP contribution in [-0.4, -0.2) is 33.3 Å². The summed E-state index contributed by atoms with van der Waals surface area (Å²) in [5.41, 5.74) is 0.429. The van der Waals surface area contributed by atoms with Crippen molar-refractivity contribution in [3.8, 4) is 0 Å². The average molecular weight is 281 g/mol. The third kappa shape index (κ3) is 2.93. The Morgan fingerprint density at radius 1 is 1.50 bits per heavy atom. The number of carbonyl (C=O) groups is 1. The van der Waals surface area contributed by atoms with E-state index in [0.717, 1.165) is 19.3 Å². The molecule has 1 aromatic carbocycles. The van der Waals surface area contributed by atoms with Crippen molar-refractivity contribution in [3.05, 3.63) is 35.6 Å². The van der Waals surface area contributed by atoms with Crippen LogP contribution < -0.4 is 0 Å². The molecular formula is C15H20FNO3. The van der Waals surface area contributed by atoms with E-state index in [1.165, 1.54) is 23.1 Å². The number of aliphatic hydroxyl groups excluding tert-OH is 1. The van der Waals surface area contributed by atoms with Crippen LogP contribution in [0.15, 0.2) is 24.3 Å². The smallest absolute Gasteiger partial charge is 0.407 e. The molecule has 5 heteroatoms. The second kappa shape index (κ2) is 6.22. The zero-order chi connectivity index (χ0) is 14.7. The molecule has 3 atom stereocenters. The van der Waals surface area contributed by atoms with Gasteiger partial charge in [0.25, 0.3) is 0 Å². The minimum Gasteiger partial charge on any atom is -0.465 e. The molecule has 20 heavy (non-hydrogen) atoms. The summed E-state index contributed by atoms with van der Waals surface area (Å²) < 4.78 is 13.2. The Bertz CT molecular complexity index is 480. The summed E-state index contributed by atoms with van der Waals surface area (Å²) in [6.45, 7) is 2.01. The quantitative estimate of drug-likeness (QED) is 0.891. The third-order valence-electron chi connectivity index (χ3n) is 3.94. The molecule has 0 radical (unpaired) electrons. The highest BCUT2D eigenvalue weighted by Gasteiger charge is 2.40. The summed E-state index contributed by atoms with van der Waals surface area (Å²) in [6.07, 6.45) is 1.05. The van der Waals surface area contributed by atoms with Crippen molar-refractivity contribution in [1.82, 2.24) is 4.90 Å². The van der Waals surface area contributed by atoms with Gasteiger partial charge in [0.1, 0.15) is 5.82 Å². The minimum absolute atomic E-state index is 0.0503. The SMILES string of the molecule is CCC[C@@H]1CC[C@@H]([C@H](O)c2cccc(F)c2)N1C(=O)O. The molecule has 0 aliphatic carbocycles. The molecular weight excluding hydrogens is 261 g/mol. The van der Waals surface area contributed by atoms with Crippen LogP contribution in [-0.2, 0) is 0 Å². The highest BCUT2D eigenvalue weighted by molar-refractivity contribution is 5.66. The van der Waals surface area contributed by atoms with E-state index in [-0.39, 0.29) is 6.04 Å². The van der Waals surface area contributed by atoms with Gasteiger partial charge in [-0.1, -0.05) is 25.5 Å². The van der Waals surface area contributed by atoms with Crippen molar-refractivity contribution >= 4 is 6.09 Å². The maximum absolute atomic E-state index is 13.2. The first kappa shape index (κ1) is 14.8. The lowest BCUT2D eigenvalue weighted by Gasteiger charge is -2.30. The third-order valence-corrected chi connectivity index (χ3v) is 3.94. The van der Waals surface area contributed by atoms with Gasteiger partial charge in [0.15, 0.2) is 0 Å². The van der Waals surface area contributed by atoms with Crippen LogP contribution in [0.1, 0.15) is 44.3 Å². The fourth-order valence-corrected chi connectivity index (χ4v) is 3.05. The van der Waals surface area contributed by atoms with Crippen LogP contribution in [0.3, 0.4) is 0 Å². The predicted molar refractivity (Wildman–Crippen MR) is 72.9 cm³/mol. The number of amides is 1. The van der Waals surface area contributed by atoms with Crippen LogP contribution in [0.2, 0.25) is 0 Å². The molecule has 1 heterocycles. The van der Waals surface area contributed by atoms with Crippen LogP contribution >= 0.6 is 0 Å². The first-order valence-corrected chi connectivity index (χ1v) is 6.99. The van der Waals surface area contributed by atoms with Crippen LogP contribution in [0.4, 0.5) is 9.18 Å². The van der Waals surface area contributed by atoms with Crippen molar-refractivity contribution in [2.45, 2.75) is 50.8 Å². The Kier molecular flexibility index (Phi) is 4.60. The van der Waals surface area contributed by atoms with Crippen LogP contribution in [0.5, 0.6) is 0 Å². The van der Waals surface area contributed by atoms with Crippen LogP contribution in [0.25, 0.3) is 0 Å². The molecule has 1 saturated heterocycles. The lowest BCUT2D eigenvalue weighted by Crippen LogP contribution is -2.43. The van der Waals surface area contributed by atoms with E-state index in [9.17, 15) is 19.4 Å². The van der Waals surface area contributed by atoms with E-state index in [1.807, 2.05) is 6.92 Å². The molecule has 1 aliphatic rings. The first-order chi connectivity index (χ1) is 9.54. The molecule has 4 nitrogen and oxygen atoms in total. The number of carboxylic acid groups (broad SMARTS) is 1. The fourth-order valence-electron chi connectivity index (χ4n) is 3.05. The number of rotatable bonds is 4. The van der Waals surface area contributed by atoms with Gasteiger partial charge in [-0.25, -0.2) is 9.18 Å². The number of nitrogens with zero attached hydrogens (tertiary/aromatic N) is 1.